The van der Waals surface area contributed by atoms with E-state index in [-0.39, 0.29) is 6.61 Å². The molecule has 0 saturated heterocycles. The van der Waals surface area contributed by atoms with Gasteiger partial charge in [0.05, 0.1) is 12.8 Å². The van der Waals surface area contributed by atoms with E-state index in [4.69, 9.17) is 21.1 Å². The summed E-state index contributed by atoms with van der Waals surface area (Å²) >= 11 is 6.07. The average Bonchev–Trinajstić information content (AvgIpc) is 2.92. The van der Waals surface area contributed by atoms with Crippen LogP contribution < -0.4 is 25.5 Å². The van der Waals surface area contributed by atoms with E-state index in [1.54, 1.807) is 43.3 Å². The van der Waals surface area contributed by atoms with Gasteiger partial charge in [0.2, 0.25) is 11.8 Å². The molecular weight excluding hydrogens is 551 g/mol. The Balaban J connectivity index is 1.64. The van der Waals surface area contributed by atoms with Crippen molar-refractivity contribution in [3.8, 4) is 11.5 Å². The Bertz CT molecular complexity index is 1440. The monoisotopic (exact) mass is 580 g/mol. The summed E-state index contributed by atoms with van der Waals surface area (Å²) in [6, 6.07) is 13.8. The van der Waals surface area contributed by atoms with E-state index < -0.39 is 30.0 Å². The Kier molecular flexibility index (Phi) is 11.4. The molecule has 0 aromatic heterocycles. The number of ether oxygens (including phenoxy) is 2. The highest BCUT2D eigenvalue weighted by Gasteiger charge is 2.15. The number of amides is 3. The summed E-state index contributed by atoms with van der Waals surface area (Å²) in [6.45, 7) is 7.42. The summed E-state index contributed by atoms with van der Waals surface area (Å²) in [6.07, 6.45) is 3.02. The first-order chi connectivity index (χ1) is 19.7. The lowest BCUT2D eigenvalue weighted by Gasteiger charge is -2.16. The molecule has 0 bridgehead atoms. The van der Waals surface area contributed by atoms with Gasteiger partial charge in [0.15, 0.2) is 18.1 Å². The molecule has 41 heavy (non-hydrogen) atoms. The SMILES string of the molecule is C=CCc1cc(C=NNC(=O)CC(=O)Nc2ccc(C)c(Cl)c2)cc(OCC)c1OCC(=O)Nc1ccc(F)cc1. The number of nitrogens with zero attached hydrogens (tertiary/aromatic N) is 1. The molecule has 9 nitrogen and oxygen atoms in total. The molecule has 3 rings (SSSR count). The summed E-state index contributed by atoms with van der Waals surface area (Å²) in [7, 11) is 0. The Labute approximate surface area is 242 Å². The van der Waals surface area contributed by atoms with Gasteiger partial charge in [-0.15, -0.1) is 6.58 Å². The molecule has 214 valence electrons. The third-order valence-corrected chi connectivity index (χ3v) is 5.88. The normalized spacial score (nSPS) is 10.6. The highest BCUT2D eigenvalue weighted by molar-refractivity contribution is 6.31. The molecule has 3 amide bonds. The maximum Gasteiger partial charge on any atom is 0.262 e. The molecule has 3 N–H and O–H groups in total. The van der Waals surface area contributed by atoms with Crippen molar-refractivity contribution in [2.45, 2.75) is 26.7 Å². The van der Waals surface area contributed by atoms with Crippen molar-refractivity contribution in [1.29, 1.82) is 0 Å². The smallest absolute Gasteiger partial charge is 0.262 e. The number of benzene rings is 3. The summed E-state index contributed by atoms with van der Waals surface area (Å²) in [4.78, 5) is 36.8. The predicted octanol–water partition coefficient (Wildman–Crippen LogP) is 5.41. The number of halogens is 2. The van der Waals surface area contributed by atoms with Crippen molar-refractivity contribution in [2.75, 3.05) is 23.8 Å². The highest BCUT2D eigenvalue weighted by atomic mass is 35.5. The zero-order chi connectivity index (χ0) is 29.8. The largest absolute Gasteiger partial charge is 0.490 e. The number of hydrogen-bond donors (Lipinski definition) is 3. The minimum atomic E-state index is -0.611. The number of nitrogens with one attached hydrogen (secondary N) is 3. The summed E-state index contributed by atoms with van der Waals surface area (Å²) in [5.41, 5.74) is 5.36. The van der Waals surface area contributed by atoms with Gasteiger partial charge in [0.1, 0.15) is 12.2 Å². The van der Waals surface area contributed by atoms with E-state index in [0.717, 1.165) is 5.56 Å². The lowest BCUT2D eigenvalue weighted by molar-refractivity contribution is -0.126. The van der Waals surface area contributed by atoms with Crippen LogP contribution in [-0.4, -0.2) is 37.1 Å². The zero-order valence-corrected chi connectivity index (χ0v) is 23.4. The van der Waals surface area contributed by atoms with E-state index in [2.05, 4.69) is 27.7 Å². The highest BCUT2D eigenvalue weighted by Crippen LogP contribution is 2.33. The van der Waals surface area contributed by atoms with E-state index in [0.29, 0.717) is 52.1 Å². The molecule has 0 saturated carbocycles. The van der Waals surface area contributed by atoms with Gasteiger partial charge in [-0.05, 0) is 79.9 Å². The van der Waals surface area contributed by atoms with Crippen LogP contribution in [0.1, 0.15) is 30.0 Å². The minimum Gasteiger partial charge on any atom is -0.490 e. The average molecular weight is 581 g/mol. The number of carbonyl (C=O) groups is 3. The number of anilines is 2. The Morgan fingerprint density at radius 1 is 0.976 bits per heavy atom. The molecule has 0 aliphatic heterocycles. The molecule has 0 aliphatic carbocycles. The molecule has 0 spiro atoms. The molecule has 0 atom stereocenters. The van der Waals surface area contributed by atoms with Crippen LogP contribution in [0.3, 0.4) is 0 Å². The standard InChI is InChI=1S/C30H30ClFN4O5/c1-4-6-21-13-20(17-33-36-28(38)16-27(37)35-24-10-7-19(3)25(31)15-24)14-26(40-5-2)30(21)41-18-29(39)34-23-11-8-22(32)9-12-23/h4,7-15,17H,1,5-6,16,18H2,2-3H3,(H,34,39)(H,35,37)(H,36,38). The van der Waals surface area contributed by atoms with Gasteiger partial charge in [0.25, 0.3) is 5.91 Å². The van der Waals surface area contributed by atoms with Crippen LogP contribution in [0.2, 0.25) is 5.02 Å². The Morgan fingerprint density at radius 2 is 1.68 bits per heavy atom. The van der Waals surface area contributed by atoms with Crippen LogP contribution in [0.25, 0.3) is 0 Å². The lowest BCUT2D eigenvalue weighted by atomic mass is 10.1. The molecule has 0 heterocycles. The number of aryl methyl sites for hydroxylation is 1. The first-order valence-electron chi connectivity index (χ1n) is 12.6. The van der Waals surface area contributed by atoms with Crippen molar-refractivity contribution in [1.82, 2.24) is 5.43 Å². The quantitative estimate of drug-likeness (QED) is 0.108. The van der Waals surface area contributed by atoms with Gasteiger partial charge < -0.3 is 20.1 Å². The van der Waals surface area contributed by atoms with Gasteiger partial charge in [-0.25, -0.2) is 9.82 Å². The molecule has 3 aromatic rings. The van der Waals surface area contributed by atoms with Gasteiger partial charge >= 0.3 is 0 Å². The van der Waals surface area contributed by atoms with Gasteiger partial charge in [-0.1, -0.05) is 23.7 Å². The number of hydrogen-bond acceptors (Lipinski definition) is 6. The van der Waals surface area contributed by atoms with E-state index >= 15 is 0 Å². The fraction of sp³-hybridized carbons (Fsp3) is 0.200. The molecule has 0 unspecified atom stereocenters. The fourth-order valence-electron chi connectivity index (χ4n) is 3.60. The second-order valence-corrected chi connectivity index (χ2v) is 9.17. The van der Waals surface area contributed by atoms with Crippen molar-refractivity contribution in [3.05, 3.63) is 94.8 Å². The van der Waals surface area contributed by atoms with Crippen LogP contribution >= 0.6 is 11.6 Å². The summed E-state index contributed by atoms with van der Waals surface area (Å²) in [5, 5.41) is 9.70. The molecule has 0 fully saturated rings. The van der Waals surface area contributed by atoms with Crippen LogP contribution in [0.5, 0.6) is 11.5 Å². The van der Waals surface area contributed by atoms with Crippen molar-refractivity contribution < 1.29 is 28.2 Å². The summed E-state index contributed by atoms with van der Waals surface area (Å²) in [5.74, 6) is -1.26. The van der Waals surface area contributed by atoms with Crippen LogP contribution in [-0.2, 0) is 20.8 Å². The second-order valence-electron chi connectivity index (χ2n) is 8.76. The Morgan fingerprint density at radius 3 is 2.37 bits per heavy atom. The van der Waals surface area contributed by atoms with E-state index in [1.165, 1.54) is 30.5 Å². The number of allylic oxidation sites excluding steroid dienone is 1. The van der Waals surface area contributed by atoms with Crippen LogP contribution in [0, 0.1) is 12.7 Å². The maximum absolute atomic E-state index is 13.1. The number of carbonyl (C=O) groups excluding carboxylic acids is 3. The van der Waals surface area contributed by atoms with Crippen LogP contribution in [0.15, 0.2) is 72.4 Å². The second kappa shape index (κ2) is 15.2. The third kappa shape index (κ3) is 9.77. The van der Waals surface area contributed by atoms with E-state index in [1.807, 2.05) is 6.92 Å². The third-order valence-electron chi connectivity index (χ3n) is 5.47. The fourth-order valence-corrected chi connectivity index (χ4v) is 3.78. The maximum atomic E-state index is 13.1. The van der Waals surface area contributed by atoms with Crippen molar-refractivity contribution in [2.24, 2.45) is 5.10 Å². The molecular formula is C30H30ClFN4O5. The molecule has 3 aromatic carbocycles. The minimum absolute atomic E-state index is 0.318. The number of rotatable bonds is 13. The van der Waals surface area contributed by atoms with Gasteiger partial charge in [0, 0.05) is 22.0 Å². The topological polar surface area (TPSA) is 118 Å². The van der Waals surface area contributed by atoms with E-state index in [9.17, 15) is 18.8 Å². The van der Waals surface area contributed by atoms with Gasteiger partial charge in [-0.2, -0.15) is 5.10 Å². The lowest BCUT2D eigenvalue weighted by Crippen LogP contribution is -2.24. The Hall–Kier alpha value is -4.70. The van der Waals surface area contributed by atoms with Crippen molar-refractivity contribution in [3.63, 3.8) is 0 Å². The molecule has 0 radical (unpaired) electrons. The van der Waals surface area contributed by atoms with Gasteiger partial charge in [-0.3, -0.25) is 14.4 Å². The first kappa shape index (κ1) is 30.8. The number of hydrazone groups is 1. The molecule has 0 aliphatic rings. The van der Waals surface area contributed by atoms with Crippen LogP contribution in [0.4, 0.5) is 15.8 Å². The zero-order valence-electron chi connectivity index (χ0n) is 22.6. The summed E-state index contributed by atoms with van der Waals surface area (Å²) < 4.78 is 24.7. The van der Waals surface area contributed by atoms with Crippen molar-refractivity contribution >= 4 is 46.9 Å². The molecule has 11 heteroatoms. The first-order valence-corrected chi connectivity index (χ1v) is 13.0. The predicted molar refractivity (Wildman–Crippen MR) is 157 cm³/mol.